The van der Waals surface area contributed by atoms with Gasteiger partial charge >= 0.3 is 5.97 Å². The molecule has 5 nitrogen and oxygen atoms in total. The summed E-state index contributed by atoms with van der Waals surface area (Å²) in [5.74, 6) is -1.68. The number of benzene rings is 1. The van der Waals surface area contributed by atoms with Crippen LogP contribution in [0.2, 0.25) is 0 Å². The molecule has 0 amide bonds. The maximum Gasteiger partial charge on any atom is 0.335 e. The Balaban J connectivity index is 2.10. The lowest BCUT2D eigenvalue weighted by atomic mass is 9.99. The number of carboxylic acid groups (broad SMARTS) is 1. The summed E-state index contributed by atoms with van der Waals surface area (Å²) < 4.78 is 16.0. The van der Waals surface area contributed by atoms with E-state index in [9.17, 15) is 9.18 Å². The largest absolute Gasteiger partial charge is 0.478 e. The van der Waals surface area contributed by atoms with Crippen LogP contribution in [0.15, 0.2) is 18.2 Å². The van der Waals surface area contributed by atoms with Crippen LogP contribution in [0.1, 0.15) is 21.6 Å². The topological polar surface area (TPSA) is 58.4 Å². The highest BCUT2D eigenvalue weighted by Gasteiger charge is 2.24. The van der Waals surface area contributed by atoms with Crippen molar-refractivity contribution >= 4 is 5.97 Å². The van der Waals surface area contributed by atoms with Crippen LogP contribution in [-0.2, 0) is 20.0 Å². The summed E-state index contributed by atoms with van der Waals surface area (Å²) in [5, 5.41) is 13.3. The number of aryl methyl sites for hydroxylation is 1. The Morgan fingerprint density at radius 3 is 2.81 bits per heavy atom. The molecule has 1 aromatic heterocycles. The minimum absolute atomic E-state index is 0.0548. The van der Waals surface area contributed by atoms with Gasteiger partial charge in [-0.15, -0.1) is 0 Å². The van der Waals surface area contributed by atoms with Crippen molar-refractivity contribution in [3.05, 3.63) is 40.8 Å². The van der Waals surface area contributed by atoms with Gasteiger partial charge in [0.15, 0.2) is 0 Å². The second-order valence-electron chi connectivity index (χ2n) is 5.39. The van der Waals surface area contributed by atoms with Gasteiger partial charge in [-0.25, -0.2) is 9.18 Å². The lowest BCUT2D eigenvalue weighted by molar-refractivity contribution is 0.0696. The minimum Gasteiger partial charge on any atom is -0.478 e. The van der Waals surface area contributed by atoms with Gasteiger partial charge in [0.25, 0.3) is 0 Å². The van der Waals surface area contributed by atoms with Crippen molar-refractivity contribution in [2.45, 2.75) is 13.0 Å². The number of fused-ring (bicyclic) bond motifs is 1. The summed E-state index contributed by atoms with van der Waals surface area (Å²) in [6.45, 7) is 1.69. The van der Waals surface area contributed by atoms with Gasteiger partial charge < -0.3 is 10.0 Å². The summed E-state index contributed by atoms with van der Waals surface area (Å²) in [6, 6.07) is 3.96. The van der Waals surface area contributed by atoms with Crippen LogP contribution < -0.4 is 0 Å². The molecule has 0 bridgehead atoms. The highest BCUT2D eigenvalue weighted by atomic mass is 19.1. The van der Waals surface area contributed by atoms with Crippen molar-refractivity contribution in [1.82, 2.24) is 14.7 Å². The van der Waals surface area contributed by atoms with E-state index >= 15 is 0 Å². The SMILES string of the molecule is CN1CCc2c(-c3ccc(C(=O)O)cc3F)nn(C)c2C1. The molecule has 0 aliphatic carbocycles. The fourth-order valence-electron chi connectivity index (χ4n) is 2.76. The maximum atomic E-state index is 14.2. The fourth-order valence-corrected chi connectivity index (χ4v) is 2.76. The molecule has 1 aliphatic heterocycles. The average Bonchev–Trinajstić information content (AvgIpc) is 2.75. The van der Waals surface area contributed by atoms with Gasteiger partial charge in [0.2, 0.25) is 0 Å². The van der Waals surface area contributed by atoms with Crippen LogP contribution in [0.5, 0.6) is 0 Å². The molecule has 0 fully saturated rings. The third-order valence-electron chi connectivity index (χ3n) is 3.91. The molecule has 0 radical (unpaired) electrons. The van der Waals surface area contributed by atoms with E-state index in [1.807, 2.05) is 14.1 Å². The summed E-state index contributed by atoms with van der Waals surface area (Å²) in [7, 11) is 3.89. The summed E-state index contributed by atoms with van der Waals surface area (Å²) in [6.07, 6.45) is 0.815. The van der Waals surface area contributed by atoms with Crippen molar-refractivity contribution in [3.8, 4) is 11.3 Å². The molecule has 110 valence electrons. The van der Waals surface area contributed by atoms with E-state index in [4.69, 9.17) is 5.11 Å². The van der Waals surface area contributed by atoms with E-state index in [0.29, 0.717) is 11.3 Å². The number of hydrogen-bond acceptors (Lipinski definition) is 3. The van der Waals surface area contributed by atoms with Crippen molar-refractivity contribution in [2.75, 3.05) is 13.6 Å². The van der Waals surface area contributed by atoms with Crippen molar-refractivity contribution in [2.24, 2.45) is 7.05 Å². The van der Waals surface area contributed by atoms with Gasteiger partial charge in [0, 0.05) is 31.3 Å². The first-order valence-corrected chi connectivity index (χ1v) is 6.74. The molecule has 21 heavy (non-hydrogen) atoms. The van der Waals surface area contributed by atoms with Crippen LogP contribution in [-0.4, -0.2) is 39.3 Å². The normalized spacial score (nSPS) is 15.0. The van der Waals surface area contributed by atoms with Crippen molar-refractivity contribution in [3.63, 3.8) is 0 Å². The predicted octanol–water partition coefficient (Wildman–Crippen LogP) is 1.91. The van der Waals surface area contributed by atoms with Crippen LogP contribution in [0.3, 0.4) is 0 Å². The number of aromatic nitrogens is 2. The van der Waals surface area contributed by atoms with Crippen LogP contribution >= 0.6 is 0 Å². The molecule has 2 heterocycles. The van der Waals surface area contributed by atoms with Crippen molar-refractivity contribution in [1.29, 1.82) is 0 Å². The van der Waals surface area contributed by atoms with Gasteiger partial charge in [0.05, 0.1) is 17.0 Å². The predicted molar refractivity (Wildman–Crippen MR) is 75.6 cm³/mol. The first kappa shape index (κ1) is 13.8. The zero-order chi connectivity index (χ0) is 15.1. The molecule has 0 unspecified atom stereocenters. The number of nitrogens with zero attached hydrogens (tertiary/aromatic N) is 3. The number of rotatable bonds is 2. The van der Waals surface area contributed by atoms with E-state index in [1.165, 1.54) is 12.1 Å². The molecule has 2 aromatic rings. The van der Waals surface area contributed by atoms with Crippen LogP contribution in [0, 0.1) is 5.82 Å². The highest BCUT2D eigenvalue weighted by Crippen LogP contribution is 2.31. The third kappa shape index (κ3) is 2.31. The molecule has 0 saturated carbocycles. The monoisotopic (exact) mass is 289 g/mol. The van der Waals surface area contributed by atoms with E-state index in [2.05, 4.69) is 10.00 Å². The summed E-state index contributed by atoms with van der Waals surface area (Å²) in [5.41, 5.74) is 3.07. The van der Waals surface area contributed by atoms with E-state index in [0.717, 1.165) is 36.8 Å². The molecule has 1 aliphatic rings. The zero-order valence-corrected chi connectivity index (χ0v) is 11.9. The molecule has 3 rings (SSSR count). The van der Waals surface area contributed by atoms with E-state index in [-0.39, 0.29) is 5.56 Å². The van der Waals surface area contributed by atoms with Gasteiger partial charge in [-0.3, -0.25) is 4.68 Å². The quantitative estimate of drug-likeness (QED) is 0.917. The Hall–Kier alpha value is -2.21. The van der Waals surface area contributed by atoms with Gasteiger partial charge in [-0.05, 0) is 31.7 Å². The molecule has 0 atom stereocenters. The summed E-state index contributed by atoms with van der Waals surface area (Å²) in [4.78, 5) is 13.1. The molecule has 1 aromatic carbocycles. The molecule has 6 heteroatoms. The maximum absolute atomic E-state index is 14.2. The Bertz CT molecular complexity index is 724. The molecular weight excluding hydrogens is 273 g/mol. The third-order valence-corrected chi connectivity index (χ3v) is 3.91. The lowest BCUT2D eigenvalue weighted by Gasteiger charge is -2.23. The lowest BCUT2D eigenvalue weighted by Crippen LogP contribution is -2.27. The van der Waals surface area contributed by atoms with Crippen LogP contribution in [0.4, 0.5) is 4.39 Å². The van der Waals surface area contributed by atoms with E-state index in [1.54, 1.807) is 4.68 Å². The standard InChI is InChI=1S/C15H16FN3O2/c1-18-6-5-11-13(8-18)19(2)17-14(11)10-4-3-9(15(20)21)7-12(10)16/h3-4,7H,5-6,8H2,1-2H3,(H,20,21). The Labute approximate surface area is 121 Å². The van der Waals surface area contributed by atoms with Gasteiger partial charge in [-0.2, -0.15) is 5.10 Å². The Kier molecular flexibility index (Phi) is 3.25. The number of carbonyl (C=O) groups is 1. The first-order chi connectivity index (χ1) is 9.97. The smallest absolute Gasteiger partial charge is 0.335 e. The zero-order valence-electron chi connectivity index (χ0n) is 11.9. The average molecular weight is 289 g/mol. The van der Waals surface area contributed by atoms with Gasteiger partial charge in [0.1, 0.15) is 5.82 Å². The second kappa shape index (κ2) is 4.96. The Morgan fingerprint density at radius 2 is 2.14 bits per heavy atom. The molecule has 0 saturated heterocycles. The number of hydrogen-bond donors (Lipinski definition) is 1. The second-order valence-corrected chi connectivity index (χ2v) is 5.39. The number of likely N-dealkylation sites (N-methyl/N-ethyl adjacent to an activating group) is 1. The summed E-state index contributed by atoms with van der Waals surface area (Å²) >= 11 is 0. The first-order valence-electron chi connectivity index (χ1n) is 6.74. The van der Waals surface area contributed by atoms with Crippen molar-refractivity contribution < 1.29 is 14.3 Å². The fraction of sp³-hybridized carbons (Fsp3) is 0.333. The van der Waals surface area contributed by atoms with Gasteiger partial charge in [-0.1, -0.05) is 0 Å². The van der Waals surface area contributed by atoms with Crippen LogP contribution in [0.25, 0.3) is 11.3 Å². The Morgan fingerprint density at radius 1 is 1.38 bits per heavy atom. The minimum atomic E-state index is -1.13. The molecule has 0 spiro atoms. The molecule has 1 N–H and O–H groups in total. The highest BCUT2D eigenvalue weighted by molar-refractivity contribution is 5.88. The van der Waals surface area contributed by atoms with E-state index < -0.39 is 11.8 Å². The number of carboxylic acids is 1. The number of halogens is 1. The molecular formula is C15H16FN3O2. The number of aromatic carboxylic acids is 1.